The number of thiol groups is 1. The average molecular weight is 162 g/mol. The van der Waals surface area contributed by atoms with Gasteiger partial charge in [-0.2, -0.15) is 12.6 Å². The van der Waals surface area contributed by atoms with Gasteiger partial charge in [-0.05, 0) is 11.8 Å². The molecule has 0 spiro atoms. The first-order chi connectivity index (χ1) is 4.63. The molecule has 0 aromatic carbocycles. The summed E-state index contributed by atoms with van der Waals surface area (Å²) in [5.74, 6) is 0.920. The van der Waals surface area contributed by atoms with Crippen LogP contribution >= 0.6 is 12.6 Å². The Balaban J connectivity index is 3.76. The van der Waals surface area contributed by atoms with Crippen LogP contribution in [0.25, 0.3) is 0 Å². The van der Waals surface area contributed by atoms with E-state index in [-0.39, 0.29) is 6.61 Å². The van der Waals surface area contributed by atoms with Gasteiger partial charge in [-0.1, -0.05) is 27.2 Å². The molecular formula is C8H18OS. The van der Waals surface area contributed by atoms with Crippen LogP contribution in [0, 0.1) is 11.8 Å². The largest absolute Gasteiger partial charge is 0.396 e. The van der Waals surface area contributed by atoms with E-state index in [2.05, 4.69) is 33.4 Å². The lowest BCUT2D eigenvalue weighted by Gasteiger charge is -2.22. The highest BCUT2D eigenvalue weighted by Crippen LogP contribution is 2.20. The third-order valence-electron chi connectivity index (χ3n) is 1.92. The molecule has 1 N–H and O–H groups in total. The van der Waals surface area contributed by atoms with Crippen LogP contribution in [0.15, 0.2) is 0 Å². The summed E-state index contributed by atoms with van der Waals surface area (Å²) in [7, 11) is 0. The molecular weight excluding hydrogens is 144 g/mol. The minimum atomic E-state index is 0.267. The Morgan fingerprint density at radius 2 is 1.90 bits per heavy atom. The Hall–Kier alpha value is 0.310. The summed E-state index contributed by atoms with van der Waals surface area (Å²) in [6.45, 7) is 6.63. The summed E-state index contributed by atoms with van der Waals surface area (Å²) in [6, 6.07) is 0. The van der Waals surface area contributed by atoms with Crippen LogP contribution in [0.3, 0.4) is 0 Å². The zero-order chi connectivity index (χ0) is 8.15. The van der Waals surface area contributed by atoms with E-state index in [9.17, 15) is 0 Å². The van der Waals surface area contributed by atoms with Crippen molar-refractivity contribution in [1.82, 2.24) is 0 Å². The van der Waals surface area contributed by atoms with E-state index in [4.69, 9.17) is 5.11 Å². The lowest BCUT2D eigenvalue weighted by molar-refractivity contribution is 0.208. The Morgan fingerprint density at radius 1 is 1.40 bits per heavy atom. The van der Waals surface area contributed by atoms with Crippen molar-refractivity contribution in [2.75, 3.05) is 6.61 Å². The summed E-state index contributed by atoms with van der Waals surface area (Å²) in [6.07, 6.45) is 1.02. The fourth-order valence-corrected chi connectivity index (χ4v) is 1.33. The highest BCUT2D eigenvalue weighted by atomic mass is 32.1. The number of aliphatic hydroxyl groups is 1. The molecule has 2 atom stereocenters. The van der Waals surface area contributed by atoms with Crippen LogP contribution in [0.4, 0.5) is 0 Å². The minimum absolute atomic E-state index is 0.267. The summed E-state index contributed by atoms with van der Waals surface area (Å²) < 4.78 is 0. The number of hydrogen-bond donors (Lipinski definition) is 2. The number of rotatable bonds is 4. The van der Waals surface area contributed by atoms with Gasteiger partial charge in [0, 0.05) is 11.9 Å². The predicted octanol–water partition coefficient (Wildman–Crippen LogP) is 1.96. The zero-order valence-electron chi connectivity index (χ0n) is 7.04. The Bertz CT molecular complexity index is 79.3. The van der Waals surface area contributed by atoms with E-state index in [1.165, 1.54) is 0 Å². The average Bonchev–Trinajstić information content (AvgIpc) is 1.90. The first kappa shape index (κ1) is 10.3. The van der Waals surface area contributed by atoms with Gasteiger partial charge in [0.15, 0.2) is 0 Å². The first-order valence-electron chi connectivity index (χ1n) is 3.92. The second-order valence-corrected chi connectivity index (χ2v) is 3.68. The van der Waals surface area contributed by atoms with Crippen molar-refractivity contribution in [2.24, 2.45) is 11.8 Å². The maximum absolute atomic E-state index is 8.90. The quantitative estimate of drug-likeness (QED) is 0.605. The third-order valence-corrected chi connectivity index (χ3v) is 2.94. The zero-order valence-corrected chi connectivity index (χ0v) is 7.94. The van der Waals surface area contributed by atoms with Crippen LogP contribution < -0.4 is 0 Å². The van der Waals surface area contributed by atoms with Crippen LogP contribution in [-0.4, -0.2) is 17.0 Å². The molecule has 0 amide bonds. The van der Waals surface area contributed by atoms with Gasteiger partial charge in [-0.15, -0.1) is 0 Å². The minimum Gasteiger partial charge on any atom is -0.396 e. The molecule has 1 nitrogen and oxygen atoms in total. The molecule has 0 aromatic rings. The molecule has 10 heavy (non-hydrogen) atoms. The molecule has 0 aliphatic carbocycles. The fourth-order valence-electron chi connectivity index (χ4n) is 1.02. The second kappa shape index (κ2) is 5.03. The predicted molar refractivity (Wildman–Crippen MR) is 48.5 cm³/mol. The van der Waals surface area contributed by atoms with Gasteiger partial charge in [0.05, 0.1) is 0 Å². The molecule has 0 radical (unpaired) electrons. The molecule has 0 aromatic heterocycles. The van der Waals surface area contributed by atoms with Gasteiger partial charge in [0.25, 0.3) is 0 Å². The summed E-state index contributed by atoms with van der Waals surface area (Å²) >= 11 is 4.42. The summed E-state index contributed by atoms with van der Waals surface area (Å²) in [4.78, 5) is 0. The van der Waals surface area contributed by atoms with Crippen LogP contribution in [0.2, 0.25) is 0 Å². The topological polar surface area (TPSA) is 20.2 Å². The highest BCUT2D eigenvalue weighted by Gasteiger charge is 2.17. The second-order valence-electron chi connectivity index (χ2n) is 3.09. The molecule has 0 rings (SSSR count). The van der Waals surface area contributed by atoms with E-state index in [1.54, 1.807) is 0 Å². The Morgan fingerprint density at radius 3 is 2.00 bits per heavy atom. The van der Waals surface area contributed by atoms with Crippen LogP contribution in [-0.2, 0) is 0 Å². The Kier molecular flexibility index (Phi) is 5.18. The van der Waals surface area contributed by atoms with Crippen molar-refractivity contribution < 1.29 is 5.11 Å². The lowest BCUT2D eigenvalue weighted by Crippen LogP contribution is -2.23. The van der Waals surface area contributed by atoms with E-state index in [1.807, 2.05) is 0 Å². The van der Waals surface area contributed by atoms with E-state index in [0.29, 0.717) is 17.1 Å². The molecule has 0 aliphatic heterocycles. The molecule has 0 heterocycles. The van der Waals surface area contributed by atoms with Crippen LogP contribution in [0.5, 0.6) is 0 Å². The maximum Gasteiger partial charge on any atom is 0.0469 e. The van der Waals surface area contributed by atoms with E-state index < -0.39 is 0 Å². The third kappa shape index (κ3) is 2.93. The summed E-state index contributed by atoms with van der Waals surface area (Å²) in [5.41, 5.74) is 0. The van der Waals surface area contributed by atoms with Gasteiger partial charge in [0.1, 0.15) is 0 Å². The molecule has 0 saturated carbocycles. The monoisotopic (exact) mass is 162 g/mol. The van der Waals surface area contributed by atoms with Gasteiger partial charge in [0.2, 0.25) is 0 Å². The SMILES string of the molecule is CCC(CO)C(S)C(C)C. The van der Waals surface area contributed by atoms with Crippen molar-refractivity contribution in [2.45, 2.75) is 32.4 Å². The van der Waals surface area contributed by atoms with E-state index >= 15 is 0 Å². The molecule has 0 saturated heterocycles. The van der Waals surface area contributed by atoms with E-state index in [0.717, 1.165) is 6.42 Å². The number of hydrogen-bond acceptors (Lipinski definition) is 2. The maximum atomic E-state index is 8.90. The number of aliphatic hydroxyl groups excluding tert-OH is 1. The standard InChI is InChI=1S/C8H18OS/c1-4-7(5-9)8(10)6(2)3/h6-10H,4-5H2,1-3H3. The molecule has 0 fully saturated rings. The van der Waals surface area contributed by atoms with Crippen LogP contribution in [0.1, 0.15) is 27.2 Å². The smallest absolute Gasteiger partial charge is 0.0469 e. The van der Waals surface area contributed by atoms with Gasteiger partial charge in [-0.25, -0.2) is 0 Å². The van der Waals surface area contributed by atoms with Gasteiger partial charge < -0.3 is 5.11 Å². The highest BCUT2D eigenvalue weighted by molar-refractivity contribution is 7.81. The Labute approximate surface area is 69.2 Å². The molecule has 2 unspecified atom stereocenters. The molecule has 62 valence electrons. The van der Waals surface area contributed by atoms with Crippen molar-refractivity contribution in [1.29, 1.82) is 0 Å². The fraction of sp³-hybridized carbons (Fsp3) is 1.00. The molecule has 0 bridgehead atoms. The van der Waals surface area contributed by atoms with Crippen molar-refractivity contribution >= 4 is 12.6 Å². The van der Waals surface area contributed by atoms with Crippen molar-refractivity contribution in [3.05, 3.63) is 0 Å². The normalized spacial score (nSPS) is 17.4. The van der Waals surface area contributed by atoms with Crippen molar-refractivity contribution in [3.63, 3.8) is 0 Å². The lowest BCUT2D eigenvalue weighted by atomic mass is 9.95. The van der Waals surface area contributed by atoms with Crippen molar-refractivity contribution in [3.8, 4) is 0 Å². The molecule has 2 heteroatoms. The van der Waals surface area contributed by atoms with Gasteiger partial charge in [-0.3, -0.25) is 0 Å². The molecule has 0 aliphatic rings. The summed E-state index contributed by atoms with van der Waals surface area (Å²) in [5, 5.41) is 9.24. The first-order valence-corrected chi connectivity index (χ1v) is 4.44. The van der Waals surface area contributed by atoms with Gasteiger partial charge >= 0.3 is 0 Å².